The van der Waals surface area contributed by atoms with E-state index in [0.717, 1.165) is 11.8 Å². The lowest BCUT2D eigenvalue weighted by Crippen LogP contribution is -2.49. The van der Waals surface area contributed by atoms with Crippen molar-refractivity contribution in [1.29, 1.82) is 0 Å². The Bertz CT molecular complexity index is 631. The minimum atomic E-state index is -0.485. The third kappa shape index (κ3) is 3.31. The summed E-state index contributed by atoms with van der Waals surface area (Å²) in [7, 11) is 0. The van der Waals surface area contributed by atoms with Crippen LogP contribution in [0.5, 0.6) is 0 Å². The van der Waals surface area contributed by atoms with E-state index in [1.54, 1.807) is 17.0 Å². The van der Waals surface area contributed by atoms with Gasteiger partial charge >= 0.3 is 6.03 Å². The molecule has 2 fully saturated rings. The van der Waals surface area contributed by atoms with Crippen LogP contribution in [0, 0.1) is 5.82 Å². The van der Waals surface area contributed by atoms with E-state index in [1.807, 2.05) is 0 Å². The summed E-state index contributed by atoms with van der Waals surface area (Å²) in [5.41, 5.74) is 0.140. The molecule has 0 bridgehead atoms. The van der Waals surface area contributed by atoms with Crippen LogP contribution in [0.15, 0.2) is 24.3 Å². The van der Waals surface area contributed by atoms with Gasteiger partial charge in [-0.1, -0.05) is 23.9 Å². The molecule has 2 heterocycles. The van der Waals surface area contributed by atoms with Crippen LogP contribution in [-0.2, 0) is 4.79 Å². The SMILES string of the molecule is O=C(Nc1ccccc1F)N1CCC(N2C(=O)CSC2=O)CC1. The number of nitrogens with one attached hydrogen (secondary N) is 1. The standard InChI is InChI=1S/C15H16FN3O3S/c16-11-3-1-2-4-12(11)17-14(21)18-7-5-10(6-8-18)19-13(20)9-23-15(19)22/h1-4,10H,5-9H2,(H,17,21). The zero-order valence-corrected chi connectivity index (χ0v) is 13.1. The average molecular weight is 337 g/mol. The number of likely N-dealkylation sites (tertiary alicyclic amines) is 1. The molecule has 2 aliphatic heterocycles. The summed E-state index contributed by atoms with van der Waals surface area (Å²) in [5.74, 6) is -0.442. The number of benzene rings is 1. The molecule has 6 nitrogen and oxygen atoms in total. The fourth-order valence-corrected chi connectivity index (χ4v) is 3.58. The van der Waals surface area contributed by atoms with Gasteiger partial charge in [-0.05, 0) is 25.0 Å². The molecule has 0 aromatic heterocycles. The van der Waals surface area contributed by atoms with Crippen LogP contribution in [0.3, 0.4) is 0 Å². The Morgan fingerprint density at radius 2 is 1.91 bits per heavy atom. The first kappa shape index (κ1) is 15.8. The molecule has 3 rings (SSSR count). The maximum absolute atomic E-state index is 13.6. The van der Waals surface area contributed by atoms with Crippen molar-refractivity contribution in [1.82, 2.24) is 9.80 Å². The summed E-state index contributed by atoms with van der Waals surface area (Å²) in [6.45, 7) is 0.847. The summed E-state index contributed by atoms with van der Waals surface area (Å²) in [4.78, 5) is 38.5. The third-order valence-corrected chi connectivity index (χ3v) is 4.85. The van der Waals surface area contributed by atoms with Crippen molar-refractivity contribution in [3.05, 3.63) is 30.1 Å². The number of para-hydroxylation sites is 1. The van der Waals surface area contributed by atoms with Gasteiger partial charge in [-0.3, -0.25) is 14.5 Å². The van der Waals surface area contributed by atoms with E-state index in [2.05, 4.69) is 5.32 Å². The van der Waals surface area contributed by atoms with Crippen molar-refractivity contribution < 1.29 is 18.8 Å². The Balaban J connectivity index is 1.56. The molecule has 0 spiro atoms. The maximum Gasteiger partial charge on any atom is 0.321 e. The van der Waals surface area contributed by atoms with Gasteiger partial charge in [0.25, 0.3) is 5.24 Å². The second-order valence-corrected chi connectivity index (χ2v) is 6.37. The molecule has 0 atom stereocenters. The normalized spacial score (nSPS) is 19.3. The van der Waals surface area contributed by atoms with Gasteiger partial charge in [-0.25, -0.2) is 9.18 Å². The zero-order chi connectivity index (χ0) is 16.4. The number of hydrogen-bond acceptors (Lipinski definition) is 4. The highest BCUT2D eigenvalue weighted by molar-refractivity contribution is 8.14. The minimum Gasteiger partial charge on any atom is -0.324 e. The number of carbonyl (C=O) groups is 3. The first-order chi connectivity index (χ1) is 11.1. The molecule has 1 aromatic carbocycles. The van der Waals surface area contributed by atoms with Crippen LogP contribution in [0.25, 0.3) is 0 Å². The van der Waals surface area contributed by atoms with Gasteiger partial charge in [0.15, 0.2) is 0 Å². The highest BCUT2D eigenvalue weighted by Gasteiger charge is 2.37. The van der Waals surface area contributed by atoms with Gasteiger partial charge in [-0.2, -0.15) is 0 Å². The van der Waals surface area contributed by atoms with E-state index in [4.69, 9.17) is 0 Å². The topological polar surface area (TPSA) is 69.7 Å². The van der Waals surface area contributed by atoms with E-state index in [9.17, 15) is 18.8 Å². The maximum atomic E-state index is 13.6. The van der Waals surface area contributed by atoms with Crippen LogP contribution < -0.4 is 5.32 Å². The molecule has 0 radical (unpaired) electrons. The van der Waals surface area contributed by atoms with Crippen LogP contribution in [0.4, 0.5) is 19.7 Å². The number of carbonyl (C=O) groups excluding carboxylic acids is 3. The Morgan fingerprint density at radius 1 is 1.22 bits per heavy atom. The van der Waals surface area contributed by atoms with Crippen molar-refractivity contribution in [3.8, 4) is 0 Å². The number of nitrogens with zero attached hydrogens (tertiary/aromatic N) is 2. The van der Waals surface area contributed by atoms with Gasteiger partial charge in [0.05, 0.1) is 11.4 Å². The highest BCUT2D eigenvalue weighted by atomic mass is 32.2. The Labute approximate surface area is 137 Å². The lowest BCUT2D eigenvalue weighted by Gasteiger charge is -2.35. The lowest BCUT2D eigenvalue weighted by molar-refractivity contribution is -0.126. The minimum absolute atomic E-state index is 0.140. The fraction of sp³-hybridized carbons (Fsp3) is 0.400. The number of amides is 4. The Hall–Kier alpha value is -2.09. The molecule has 0 saturated carbocycles. The van der Waals surface area contributed by atoms with E-state index in [0.29, 0.717) is 25.9 Å². The summed E-state index contributed by atoms with van der Waals surface area (Å²) in [6, 6.07) is 5.46. The Morgan fingerprint density at radius 3 is 2.52 bits per heavy atom. The number of anilines is 1. The van der Waals surface area contributed by atoms with Crippen molar-refractivity contribution >= 4 is 34.6 Å². The summed E-state index contributed by atoms with van der Waals surface area (Å²) >= 11 is 1.02. The number of urea groups is 1. The molecule has 4 amide bonds. The van der Waals surface area contributed by atoms with E-state index in [-0.39, 0.29) is 34.7 Å². The molecule has 1 N–H and O–H groups in total. The first-order valence-corrected chi connectivity index (χ1v) is 8.34. The van der Waals surface area contributed by atoms with E-state index in [1.165, 1.54) is 17.0 Å². The third-order valence-electron chi connectivity index (χ3n) is 4.02. The van der Waals surface area contributed by atoms with Gasteiger partial charge in [0, 0.05) is 19.1 Å². The van der Waals surface area contributed by atoms with Crippen molar-refractivity contribution in [3.63, 3.8) is 0 Å². The number of halogens is 1. The molecule has 122 valence electrons. The van der Waals surface area contributed by atoms with Crippen LogP contribution in [0.1, 0.15) is 12.8 Å². The van der Waals surface area contributed by atoms with Crippen LogP contribution in [-0.4, -0.2) is 51.9 Å². The van der Waals surface area contributed by atoms with E-state index >= 15 is 0 Å². The number of thioether (sulfide) groups is 1. The molecular weight excluding hydrogens is 321 g/mol. The first-order valence-electron chi connectivity index (χ1n) is 7.35. The molecule has 0 aliphatic carbocycles. The molecule has 8 heteroatoms. The lowest BCUT2D eigenvalue weighted by atomic mass is 10.0. The molecule has 2 saturated heterocycles. The number of piperidine rings is 1. The highest BCUT2D eigenvalue weighted by Crippen LogP contribution is 2.27. The van der Waals surface area contributed by atoms with Gasteiger partial charge in [-0.15, -0.1) is 0 Å². The fourth-order valence-electron chi connectivity index (χ4n) is 2.80. The van der Waals surface area contributed by atoms with Crippen LogP contribution in [0.2, 0.25) is 0 Å². The van der Waals surface area contributed by atoms with Crippen molar-refractivity contribution in [2.24, 2.45) is 0 Å². The smallest absolute Gasteiger partial charge is 0.321 e. The van der Waals surface area contributed by atoms with Crippen LogP contribution >= 0.6 is 11.8 Å². The molecule has 23 heavy (non-hydrogen) atoms. The number of rotatable bonds is 2. The summed E-state index contributed by atoms with van der Waals surface area (Å²) < 4.78 is 13.6. The summed E-state index contributed by atoms with van der Waals surface area (Å²) in [6.07, 6.45) is 1.09. The number of imide groups is 1. The van der Waals surface area contributed by atoms with E-state index < -0.39 is 5.82 Å². The van der Waals surface area contributed by atoms with Gasteiger partial charge < -0.3 is 10.2 Å². The van der Waals surface area contributed by atoms with Gasteiger partial charge in [0.1, 0.15) is 5.82 Å². The summed E-state index contributed by atoms with van der Waals surface area (Å²) in [5, 5.41) is 2.34. The molecular formula is C15H16FN3O3S. The van der Waals surface area contributed by atoms with Crippen molar-refractivity contribution in [2.45, 2.75) is 18.9 Å². The second kappa shape index (κ2) is 6.57. The molecule has 2 aliphatic rings. The monoisotopic (exact) mass is 337 g/mol. The largest absolute Gasteiger partial charge is 0.324 e. The predicted octanol–water partition coefficient (Wildman–Crippen LogP) is 2.52. The quantitative estimate of drug-likeness (QED) is 0.900. The number of hydrogen-bond donors (Lipinski definition) is 1. The Kier molecular flexibility index (Phi) is 4.51. The average Bonchev–Trinajstić information content (AvgIpc) is 2.88. The predicted molar refractivity (Wildman–Crippen MR) is 84.7 cm³/mol. The molecule has 0 unspecified atom stereocenters. The van der Waals surface area contributed by atoms with Crippen molar-refractivity contribution in [2.75, 3.05) is 24.2 Å². The zero-order valence-electron chi connectivity index (χ0n) is 12.3. The molecule has 1 aromatic rings. The van der Waals surface area contributed by atoms with Gasteiger partial charge in [0.2, 0.25) is 5.91 Å². The second-order valence-electron chi connectivity index (χ2n) is 5.45.